The molecule has 1 unspecified atom stereocenters. The lowest BCUT2D eigenvalue weighted by Gasteiger charge is -2.24. The van der Waals surface area contributed by atoms with Crippen LogP contribution in [-0.2, 0) is 19.4 Å². The SMILES string of the molecule is CC(NC(=O)C1=NN(c2ccccc2)C(=O)CC1)c1ccc(S(C)(=O)=O)cc1. The zero-order valence-electron chi connectivity index (χ0n) is 15.6. The van der Waals surface area contributed by atoms with E-state index < -0.39 is 9.84 Å². The van der Waals surface area contributed by atoms with Crippen LogP contribution < -0.4 is 10.3 Å². The van der Waals surface area contributed by atoms with Crippen molar-refractivity contribution in [1.82, 2.24) is 5.32 Å². The standard InChI is InChI=1S/C20H21N3O4S/c1-14(15-8-10-17(11-9-15)28(2,26)27)21-20(25)18-12-13-19(24)23(22-18)16-6-4-3-5-7-16/h3-11,14H,12-13H2,1-2H3,(H,21,25). The van der Waals surface area contributed by atoms with E-state index in [-0.39, 0.29) is 41.3 Å². The van der Waals surface area contributed by atoms with E-state index in [1.54, 1.807) is 43.3 Å². The molecule has 2 amide bonds. The molecule has 0 saturated carbocycles. The maximum Gasteiger partial charge on any atom is 0.267 e. The number of benzene rings is 2. The minimum atomic E-state index is -3.27. The van der Waals surface area contributed by atoms with Gasteiger partial charge >= 0.3 is 0 Å². The second kappa shape index (κ2) is 7.93. The van der Waals surface area contributed by atoms with Crippen molar-refractivity contribution < 1.29 is 18.0 Å². The summed E-state index contributed by atoms with van der Waals surface area (Å²) in [6.45, 7) is 1.80. The van der Waals surface area contributed by atoms with E-state index in [0.717, 1.165) is 11.8 Å². The zero-order chi connectivity index (χ0) is 20.3. The van der Waals surface area contributed by atoms with Crippen LogP contribution in [0.1, 0.15) is 31.4 Å². The molecule has 28 heavy (non-hydrogen) atoms. The molecule has 7 nitrogen and oxygen atoms in total. The van der Waals surface area contributed by atoms with E-state index >= 15 is 0 Å². The molecule has 0 aliphatic carbocycles. The van der Waals surface area contributed by atoms with Gasteiger partial charge < -0.3 is 5.32 Å². The molecule has 3 rings (SSSR count). The third-order valence-corrected chi connectivity index (χ3v) is 5.58. The quantitative estimate of drug-likeness (QED) is 0.835. The topological polar surface area (TPSA) is 95.9 Å². The average molecular weight is 399 g/mol. The minimum Gasteiger partial charge on any atom is -0.344 e. The van der Waals surface area contributed by atoms with Gasteiger partial charge in [0, 0.05) is 19.1 Å². The zero-order valence-corrected chi connectivity index (χ0v) is 16.4. The molecular formula is C20H21N3O4S. The predicted molar refractivity (Wildman–Crippen MR) is 107 cm³/mol. The summed E-state index contributed by atoms with van der Waals surface area (Å²) in [5, 5.41) is 8.34. The van der Waals surface area contributed by atoms with Crippen LogP contribution in [0.4, 0.5) is 5.69 Å². The van der Waals surface area contributed by atoms with Crippen molar-refractivity contribution in [1.29, 1.82) is 0 Å². The number of anilines is 1. The molecule has 0 fully saturated rings. The number of hydrogen-bond donors (Lipinski definition) is 1. The van der Waals surface area contributed by atoms with E-state index in [9.17, 15) is 18.0 Å². The lowest BCUT2D eigenvalue weighted by molar-refractivity contribution is -0.119. The highest BCUT2D eigenvalue weighted by atomic mass is 32.2. The van der Waals surface area contributed by atoms with Gasteiger partial charge in [-0.15, -0.1) is 0 Å². The Hall–Kier alpha value is -3.00. The van der Waals surface area contributed by atoms with Gasteiger partial charge in [0.15, 0.2) is 9.84 Å². The highest BCUT2D eigenvalue weighted by molar-refractivity contribution is 7.90. The number of carbonyl (C=O) groups is 2. The second-order valence-electron chi connectivity index (χ2n) is 6.62. The molecular weight excluding hydrogens is 378 g/mol. The highest BCUT2D eigenvalue weighted by Gasteiger charge is 2.26. The molecule has 146 valence electrons. The van der Waals surface area contributed by atoms with Crippen molar-refractivity contribution in [3.8, 4) is 0 Å². The van der Waals surface area contributed by atoms with Crippen molar-refractivity contribution >= 4 is 33.1 Å². The molecule has 1 N–H and O–H groups in total. The van der Waals surface area contributed by atoms with Crippen molar-refractivity contribution in [3.63, 3.8) is 0 Å². The fourth-order valence-electron chi connectivity index (χ4n) is 2.85. The Morgan fingerprint density at radius 2 is 1.71 bits per heavy atom. The Kier molecular flexibility index (Phi) is 5.60. The van der Waals surface area contributed by atoms with Gasteiger partial charge in [0.1, 0.15) is 5.71 Å². The number of nitrogens with zero attached hydrogens (tertiary/aromatic N) is 2. The normalized spacial score (nSPS) is 15.7. The van der Waals surface area contributed by atoms with Crippen LogP contribution in [0.25, 0.3) is 0 Å². The Balaban J connectivity index is 1.74. The Morgan fingerprint density at radius 1 is 1.07 bits per heavy atom. The van der Waals surface area contributed by atoms with Gasteiger partial charge in [-0.1, -0.05) is 30.3 Å². The molecule has 0 spiro atoms. The van der Waals surface area contributed by atoms with Crippen LogP contribution in [-0.4, -0.2) is 32.2 Å². The smallest absolute Gasteiger partial charge is 0.267 e. The molecule has 1 aliphatic heterocycles. The van der Waals surface area contributed by atoms with Gasteiger partial charge in [0.25, 0.3) is 5.91 Å². The van der Waals surface area contributed by atoms with E-state index in [1.807, 2.05) is 6.07 Å². The van der Waals surface area contributed by atoms with Gasteiger partial charge in [-0.3, -0.25) is 9.59 Å². The minimum absolute atomic E-state index is 0.160. The number of amides is 2. The van der Waals surface area contributed by atoms with Crippen LogP contribution in [0.2, 0.25) is 0 Å². The summed E-state index contributed by atoms with van der Waals surface area (Å²) in [4.78, 5) is 25.0. The number of hydrogen-bond acceptors (Lipinski definition) is 5. The molecule has 1 aliphatic rings. The van der Waals surface area contributed by atoms with E-state index in [4.69, 9.17) is 0 Å². The fraction of sp³-hybridized carbons (Fsp3) is 0.250. The first-order valence-electron chi connectivity index (χ1n) is 8.82. The number of carbonyl (C=O) groups excluding carboxylic acids is 2. The number of nitrogens with one attached hydrogen (secondary N) is 1. The molecule has 2 aromatic rings. The molecule has 0 aromatic heterocycles. The predicted octanol–water partition coefficient (Wildman–Crippen LogP) is 2.45. The summed E-state index contributed by atoms with van der Waals surface area (Å²) in [5.41, 5.74) is 1.66. The lowest BCUT2D eigenvalue weighted by atomic mass is 10.1. The van der Waals surface area contributed by atoms with Crippen molar-refractivity contribution in [2.24, 2.45) is 5.10 Å². The van der Waals surface area contributed by atoms with Crippen molar-refractivity contribution in [2.45, 2.75) is 30.7 Å². The first-order valence-corrected chi connectivity index (χ1v) is 10.7. The molecule has 2 aromatic carbocycles. The van der Waals surface area contributed by atoms with Gasteiger partial charge in [0.2, 0.25) is 5.91 Å². The third-order valence-electron chi connectivity index (χ3n) is 4.45. The Morgan fingerprint density at radius 3 is 2.32 bits per heavy atom. The first-order chi connectivity index (χ1) is 13.3. The molecule has 0 bridgehead atoms. The monoisotopic (exact) mass is 399 g/mol. The fourth-order valence-corrected chi connectivity index (χ4v) is 3.49. The highest BCUT2D eigenvalue weighted by Crippen LogP contribution is 2.21. The van der Waals surface area contributed by atoms with Crippen LogP contribution in [0, 0.1) is 0 Å². The van der Waals surface area contributed by atoms with Crippen LogP contribution in [0.5, 0.6) is 0 Å². The van der Waals surface area contributed by atoms with Crippen LogP contribution in [0.15, 0.2) is 64.6 Å². The summed E-state index contributed by atoms with van der Waals surface area (Å²) >= 11 is 0. The van der Waals surface area contributed by atoms with Crippen molar-refractivity contribution in [2.75, 3.05) is 11.3 Å². The summed E-state index contributed by atoms with van der Waals surface area (Å²) in [6, 6.07) is 15.0. The lowest BCUT2D eigenvalue weighted by Crippen LogP contribution is -2.39. The summed E-state index contributed by atoms with van der Waals surface area (Å²) < 4.78 is 23.1. The van der Waals surface area contributed by atoms with Gasteiger partial charge in [-0.25, -0.2) is 13.4 Å². The Bertz CT molecular complexity index is 1020. The second-order valence-corrected chi connectivity index (χ2v) is 8.64. The van der Waals surface area contributed by atoms with Gasteiger partial charge in [-0.2, -0.15) is 5.10 Å². The average Bonchev–Trinajstić information content (AvgIpc) is 2.68. The molecule has 1 atom stereocenters. The van der Waals surface area contributed by atoms with E-state index in [1.165, 1.54) is 17.1 Å². The number of rotatable bonds is 5. The van der Waals surface area contributed by atoms with Crippen molar-refractivity contribution in [3.05, 3.63) is 60.2 Å². The third kappa shape index (κ3) is 4.45. The number of sulfone groups is 1. The van der Waals surface area contributed by atoms with Gasteiger partial charge in [-0.05, 0) is 36.8 Å². The molecule has 8 heteroatoms. The van der Waals surface area contributed by atoms with Gasteiger partial charge in [0.05, 0.1) is 16.6 Å². The molecule has 0 saturated heterocycles. The maximum atomic E-state index is 12.6. The first kappa shape index (κ1) is 19.8. The van der Waals surface area contributed by atoms with Crippen LogP contribution in [0.3, 0.4) is 0 Å². The largest absolute Gasteiger partial charge is 0.344 e. The maximum absolute atomic E-state index is 12.6. The summed E-state index contributed by atoms with van der Waals surface area (Å²) in [6.07, 6.45) is 1.63. The summed E-state index contributed by atoms with van der Waals surface area (Å²) in [5.74, 6) is -0.514. The van der Waals surface area contributed by atoms with E-state index in [2.05, 4.69) is 10.4 Å². The summed E-state index contributed by atoms with van der Waals surface area (Å²) in [7, 11) is -3.27. The van der Waals surface area contributed by atoms with E-state index in [0.29, 0.717) is 5.69 Å². The molecule has 1 heterocycles. The number of hydrazone groups is 1. The molecule has 0 radical (unpaired) electrons. The number of para-hydroxylation sites is 1. The van der Waals surface area contributed by atoms with Crippen LogP contribution >= 0.6 is 0 Å². The Labute approximate surface area is 164 Å².